The summed E-state index contributed by atoms with van der Waals surface area (Å²) < 4.78 is 5.33. The fourth-order valence-corrected chi connectivity index (χ4v) is 1.73. The molecule has 1 rings (SSSR count). The zero-order valence-electron chi connectivity index (χ0n) is 10.7. The van der Waals surface area contributed by atoms with Crippen LogP contribution in [0.2, 0.25) is 0 Å². The first-order valence-corrected chi connectivity index (χ1v) is 5.75. The number of hydrogen-bond acceptors (Lipinski definition) is 4. The lowest BCUT2D eigenvalue weighted by Crippen LogP contribution is -2.54. The number of rotatable bonds is 2. The third kappa shape index (κ3) is 5.57. The van der Waals surface area contributed by atoms with Gasteiger partial charge in [0.1, 0.15) is 5.60 Å². The molecule has 1 saturated heterocycles. The molecule has 6 heteroatoms. The average Bonchev–Trinajstić information content (AvgIpc) is 2.16. The van der Waals surface area contributed by atoms with E-state index in [4.69, 9.17) is 9.84 Å². The Morgan fingerprint density at radius 3 is 2.71 bits per heavy atom. The Morgan fingerprint density at radius 1 is 1.53 bits per heavy atom. The smallest absolute Gasteiger partial charge is 0.410 e. The molecule has 5 nitrogen and oxygen atoms in total. The first kappa shape index (κ1) is 16.5. The Balaban J connectivity index is 0.00000256. The van der Waals surface area contributed by atoms with Crippen LogP contribution in [0.15, 0.2) is 0 Å². The van der Waals surface area contributed by atoms with E-state index in [1.165, 1.54) is 0 Å². The van der Waals surface area contributed by atoms with Crippen LogP contribution in [-0.4, -0.2) is 54.0 Å². The van der Waals surface area contributed by atoms with Crippen molar-refractivity contribution in [3.63, 3.8) is 0 Å². The molecule has 1 unspecified atom stereocenters. The lowest BCUT2D eigenvalue weighted by Gasteiger charge is -2.36. The highest BCUT2D eigenvalue weighted by Gasteiger charge is 2.29. The van der Waals surface area contributed by atoms with Gasteiger partial charge in [0.25, 0.3) is 0 Å². The molecule has 0 aromatic rings. The van der Waals surface area contributed by atoms with E-state index in [0.717, 1.165) is 13.1 Å². The van der Waals surface area contributed by atoms with Crippen LogP contribution in [-0.2, 0) is 4.74 Å². The van der Waals surface area contributed by atoms with Gasteiger partial charge in [-0.15, -0.1) is 12.4 Å². The number of carbonyl (C=O) groups is 1. The van der Waals surface area contributed by atoms with Crippen molar-refractivity contribution in [1.82, 2.24) is 10.2 Å². The lowest BCUT2D eigenvalue weighted by molar-refractivity contribution is 0.00950. The van der Waals surface area contributed by atoms with E-state index < -0.39 is 5.60 Å². The molecule has 0 aromatic carbocycles. The van der Waals surface area contributed by atoms with Crippen molar-refractivity contribution in [1.29, 1.82) is 0 Å². The highest BCUT2D eigenvalue weighted by Crippen LogP contribution is 2.14. The summed E-state index contributed by atoms with van der Waals surface area (Å²) in [4.78, 5) is 13.6. The van der Waals surface area contributed by atoms with Crippen molar-refractivity contribution in [2.75, 3.05) is 26.2 Å². The number of amides is 1. The van der Waals surface area contributed by atoms with E-state index in [9.17, 15) is 4.79 Å². The summed E-state index contributed by atoms with van der Waals surface area (Å²) in [6.07, 6.45) is 0.305. The first-order chi connectivity index (χ1) is 7.44. The molecular formula is C11H23ClN2O3. The number of carbonyl (C=O) groups excluding carboxylic acids is 1. The van der Waals surface area contributed by atoms with Crippen LogP contribution >= 0.6 is 12.4 Å². The van der Waals surface area contributed by atoms with Gasteiger partial charge in [-0.25, -0.2) is 4.79 Å². The molecule has 2 N–H and O–H groups in total. The van der Waals surface area contributed by atoms with E-state index in [-0.39, 0.29) is 31.1 Å². The minimum atomic E-state index is -0.467. The maximum absolute atomic E-state index is 11.9. The summed E-state index contributed by atoms with van der Waals surface area (Å²) in [5.41, 5.74) is -0.467. The third-order valence-corrected chi connectivity index (χ3v) is 2.44. The summed E-state index contributed by atoms with van der Waals surface area (Å²) in [7, 11) is 0. The molecule has 1 amide bonds. The normalized spacial score (nSPS) is 20.7. The molecule has 1 atom stereocenters. The molecule has 0 aromatic heterocycles. The summed E-state index contributed by atoms with van der Waals surface area (Å²) in [5, 5.41) is 12.2. The third-order valence-electron chi connectivity index (χ3n) is 2.44. The molecule has 1 aliphatic rings. The lowest BCUT2D eigenvalue weighted by atomic mass is 10.1. The standard InChI is InChI=1S/C11H22N2O3.ClH/c1-11(2,3)16-10(15)13-6-5-12-8-9(13)4-7-14;/h9,12,14H,4-8H2,1-3H3;1H. The maximum atomic E-state index is 11.9. The second kappa shape index (κ2) is 7.03. The number of halogens is 1. The molecule has 17 heavy (non-hydrogen) atoms. The van der Waals surface area contributed by atoms with Crippen molar-refractivity contribution in [2.24, 2.45) is 0 Å². The van der Waals surface area contributed by atoms with Crippen molar-refractivity contribution >= 4 is 18.5 Å². The van der Waals surface area contributed by atoms with Gasteiger partial charge < -0.3 is 20.1 Å². The molecule has 0 aliphatic carbocycles. The van der Waals surface area contributed by atoms with Gasteiger partial charge in [0.15, 0.2) is 0 Å². The van der Waals surface area contributed by atoms with Gasteiger partial charge in [-0.1, -0.05) is 0 Å². The van der Waals surface area contributed by atoms with Crippen LogP contribution in [0.4, 0.5) is 4.79 Å². The minimum Gasteiger partial charge on any atom is -0.444 e. The zero-order valence-corrected chi connectivity index (χ0v) is 11.5. The molecular weight excluding hydrogens is 244 g/mol. The number of piperazine rings is 1. The number of nitrogens with zero attached hydrogens (tertiary/aromatic N) is 1. The van der Waals surface area contributed by atoms with Crippen molar-refractivity contribution in [3.8, 4) is 0 Å². The Bertz CT molecular complexity index is 241. The Hall–Kier alpha value is -0.520. The second-order valence-electron chi connectivity index (χ2n) is 5.04. The van der Waals surface area contributed by atoms with Crippen LogP contribution in [0, 0.1) is 0 Å². The van der Waals surface area contributed by atoms with E-state index >= 15 is 0 Å². The molecule has 1 fully saturated rings. The van der Waals surface area contributed by atoms with Crippen LogP contribution in [0.1, 0.15) is 27.2 Å². The average molecular weight is 267 g/mol. The van der Waals surface area contributed by atoms with Crippen LogP contribution in [0.25, 0.3) is 0 Å². The number of aliphatic hydroxyl groups is 1. The van der Waals surface area contributed by atoms with Crippen molar-refractivity contribution in [3.05, 3.63) is 0 Å². The summed E-state index contributed by atoms with van der Waals surface area (Å²) in [6, 6.07) is 0.0357. The van der Waals surface area contributed by atoms with Gasteiger partial charge >= 0.3 is 6.09 Å². The highest BCUT2D eigenvalue weighted by atomic mass is 35.5. The van der Waals surface area contributed by atoms with Gasteiger partial charge in [-0.3, -0.25) is 0 Å². The second-order valence-corrected chi connectivity index (χ2v) is 5.04. The Morgan fingerprint density at radius 2 is 2.18 bits per heavy atom. The Labute approximate surface area is 109 Å². The molecule has 0 bridgehead atoms. The molecule has 0 saturated carbocycles. The molecule has 0 spiro atoms. The topological polar surface area (TPSA) is 61.8 Å². The van der Waals surface area contributed by atoms with E-state index in [0.29, 0.717) is 13.0 Å². The highest BCUT2D eigenvalue weighted by molar-refractivity contribution is 5.85. The predicted octanol–water partition coefficient (Wildman–Crippen LogP) is 1.000. The van der Waals surface area contributed by atoms with E-state index in [1.54, 1.807) is 4.90 Å². The SMILES string of the molecule is CC(C)(C)OC(=O)N1CCNCC1CCO.Cl. The van der Waals surface area contributed by atoms with Gasteiger partial charge in [0, 0.05) is 32.3 Å². The summed E-state index contributed by atoms with van der Waals surface area (Å²) in [5.74, 6) is 0. The van der Waals surface area contributed by atoms with Crippen molar-refractivity contribution in [2.45, 2.75) is 38.8 Å². The van der Waals surface area contributed by atoms with Gasteiger partial charge in [0.05, 0.1) is 0 Å². The number of nitrogens with one attached hydrogen (secondary N) is 1. The van der Waals surface area contributed by atoms with Gasteiger partial charge in [-0.05, 0) is 27.2 Å². The predicted molar refractivity (Wildman–Crippen MR) is 68.5 cm³/mol. The molecule has 0 radical (unpaired) electrons. The monoisotopic (exact) mass is 266 g/mol. The maximum Gasteiger partial charge on any atom is 0.410 e. The molecule has 1 aliphatic heterocycles. The van der Waals surface area contributed by atoms with E-state index in [1.807, 2.05) is 20.8 Å². The summed E-state index contributed by atoms with van der Waals surface area (Å²) >= 11 is 0. The Kier molecular flexibility index (Phi) is 6.82. The minimum absolute atomic E-state index is 0. The first-order valence-electron chi connectivity index (χ1n) is 5.75. The molecule has 102 valence electrons. The van der Waals surface area contributed by atoms with Crippen molar-refractivity contribution < 1.29 is 14.6 Å². The van der Waals surface area contributed by atoms with E-state index in [2.05, 4.69) is 5.32 Å². The quantitative estimate of drug-likeness (QED) is 0.783. The van der Waals surface area contributed by atoms with Gasteiger partial charge in [0.2, 0.25) is 0 Å². The number of ether oxygens (including phenoxy) is 1. The number of aliphatic hydroxyl groups excluding tert-OH is 1. The van der Waals surface area contributed by atoms with Crippen LogP contribution < -0.4 is 5.32 Å². The fraction of sp³-hybridized carbons (Fsp3) is 0.909. The fourth-order valence-electron chi connectivity index (χ4n) is 1.73. The zero-order chi connectivity index (χ0) is 12.2. The largest absolute Gasteiger partial charge is 0.444 e. The van der Waals surface area contributed by atoms with Gasteiger partial charge in [-0.2, -0.15) is 0 Å². The summed E-state index contributed by atoms with van der Waals surface area (Å²) in [6.45, 7) is 7.79. The van der Waals surface area contributed by atoms with Crippen LogP contribution in [0.3, 0.4) is 0 Å². The number of hydrogen-bond donors (Lipinski definition) is 2. The molecule has 1 heterocycles. The van der Waals surface area contributed by atoms with Crippen LogP contribution in [0.5, 0.6) is 0 Å².